The van der Waals surface area contributed by atoms with Crippen molar-refractivity contribution in [2.75, 3.05) is 68.7 Å². The highest BCUT2D eigenvalue weighted by Gasteiger charge is 2.45. The van der Waals surface area contributed by atoms with E-state index in [1.807, 2.05) is 18.2 Å². The van der Waals surface area contributed by atoms with Crippen molar-refractivity contribution in [3.63, 3.8) is 0 Å². The van der Waals surface area contributed by atoms with Gasteiger partial charge >= 0.3 is 0 Å². The van der Waals surface area contributed by atoms with Crippen LogP contribution in [0.2, 0.25) is 0 Å². The zero-order chi connectivity index (χ0) is 42.0. The molecule has 2 N–H and O–H groups in total. The minimum Gasteiger partial charge on any atom is -0.488 e. The first-order valence-corrected chi connectivity index (χ1v) is 21.9. The number of nitrogens with zero attached hydrogens (tertiary/aromatic N) is 8. The summed E-state index contributed by atoms with van der Waals surface area (Å²) < 4.78 is 22.6. The number of hydrogen-bond donors (Lipinski definition) is 2. The molecule has 61 heavy (non-hydrogen) atoms. The number of aromatic nitrogens is 4. The van der Waals surface area contributed by atoms with E-state index in [1.165, 1.54) is 0 Å². The van der Waals surface area contributed by atoms with E-state index in [1.54, 1.807) is 24.5 Å². The molecule has 16 heteroatoms. The molecule has 1 saturated carbocycles. The first kappa shape index (κ1) is 39.6. The van der Waals surface area contributed by atoms with Crippen LogP contribution in [0.25, 0.3) is 22.3 Å². The number of aromatic amines is 1. The summed E-state index contributed by atoms with van der Waals surface area (Å²) in [6.45, 7) is 11.4. The minimum absolute atomic E-state index is 0.0613. The zero-order valence-electron chi connectivity index (χ0n) is 34.9. The maximum Gasteiger partial charge on any atom is 0.262 e. The fourth-order valence-electron chi connectivity index (χ4n) is 9.98. The first-order chi connectivity index (χ1) is 29.4. The number of piperazine rings is 1. The first-order valence-electron chi connectivity index (χ1n) is 21.9. The van der Waals surface area contributed by atoms with Crippen LogP contribution in [0.15, 0.2) is 48.8 Å². The van der Waals surface area contributed by atoms with Crippen molar-refractivity contribution in [2.45, 2.75) is 88.6 Å². The summed E-state index contributed by atoms with van der Waals surface area (Å²) in [6, 6.07) is 12.6. The van der Waals surface area contributed by atoms with E-state index in [-0.39, 0.29) is 29.6 Å². The number of carbonyl (C=O) groups excluding carboxylic acids is 4. The van der Waals surface area contributed by atoms with Gasteiger partial charge < -0.3 is 19.4 Å². The number of nitrogens with one attached hydrogen (secondary N) is 2. The van der Waals surface area contributed by atoms with Crippen molar-refractivity contribution in [3.8, 4) is 17.1 Å². The zero-order valence-corrected chi connectivity index (χ0v) is 34.9. The lowest BCUT2D eigenvalue weighted by Crippen LogP contribution is -2.54. The van der Waals surface area contributed by atoms with Crippen LogP contribution in [0.4, 0.5) is 15.9 Å². The second-order valence-electron chi connectivity index (χ2n) is 18.4. The molecule has 1 aliphatic carbocycles. The molecule has 0 spiro atoms. The van der Waals surface area contributed by atoms with Crippen LogP contribution in [0.1, 0.15) is 85.9 Å². The highest BCUT2D eigenvalue weighted by molar-refractivity contribution is 6.23. The molecule has 6 aliphatic rings. The smallest absolute Gasteiger partial charge is 0.262 e. The number of imide groups is 2. The predicted molar refractivity (Wildman–Crippen MR) is 226 cm³/mol. The summed E-state index contributed by atoms with van der Waals surface area (Å²) in [6.07, 6.45) is 6.81. The van der Waals surface area contributed by atoms with Gasteiger partial charge in [-0.3, -0.25) is 39.4 Å². The number of anilines is 2. The lowest BCUT2D eigenvalue weighted by molar-refractivity contribution is -0.136. The molecule has 5 aliphatic heterocycles. The molecule has 5 fully saturated rings. The van der Waals surface area contributed by atoms with Crippen molar-refractivity contribution in [1.29, 1.82) is 0 Å². The topological polar surface area (TPSA) is 160 Å². The Kier molecular flexibility index (Phi) is 10.0. The van der Waals surface area contributed by atoms with Gasteiger partial charge in [-0.25, -0.2) is 14.4 Å². The summed E-state index contributed by atoms with van der Waals surface area (Å²) in [4.78, 5) is 70.2. The Morgan fingerprint density at radius 2 is 1.64 bits per heavy atom. The van der Waals surface area contributed by atoms with Gasteiger partial charge in [0.05, 0.1) is 22.3 Å². The molecule has 2 atom stereocenters. The van der Waals surface area contributed by atoms with Crippen molar-refractivity contribution in [2.24, 2.45) is 5.92 Å². The van der Waals surface area contributed by atoms with Gasteiger partial charge in [0, 0.05) is 88.3 Å². The van der Waals surface area contributed by atoms with Crippen molar-refractivity contribution in [3.05, 3.63) is 59.9 Å². The number of H-pyrrole nitrogens is 1. The summed E-state index contributed by atoms with van der Waals surface area (Å²) in [5.74, 6) is 0.220. The summed E-state index contributed by atoms with van der Waals surface area (Å²) in [5.41, 5.74) is 2.41. The third kappa shape index (κ3) is 7.84. The molecule has 4 amide bonds. The van der Waals surface area contributed by atoms with Gasteiger partial charge in [-0.2, -0.15) is 5.10 Å². The molecule has 0 bridgehead atoms. The van der Waals surface area contributed by atoms with Gasteiger partial charge in [0.2, 0.25) is 11.8 Å². The maximum atomic E-state index is 16.4. The van der Waals surface area contributed by atoms with Gasteiger partial charge in [-0.15, -0.1) is 0 Å². The van der Waals surface area contributed by atoms with E-state index >= 15 is 4.39 Å². The number of piperidine rings is 3. The number of benzene rings is 2. The van der Waals surface area contributed by atoms with E-state index in [0.29, 0.717) is 44.4 Å². The van der Waals surface area contributed by atoms with Gasteiger partial charge in [-0.1, -0.05) is 0 Å². The van der Waals surface area contributed by atoms with Crippen molar-refractivity contribution in [1.82, 2.24) is 40.2 Å². The Hall–Kier alpha value is -5.48. The van der Waals surface area contributed by atoms with Crippen LogP contribution in [-0.4, -0.2) is 141 Å². The average molecular weight is 833 g/mol. The van der Waals surface area contributed by atoms with Gasteiger partial charge in [0.1, 0.15) is 40.9 Å². The summed E-state index contributed by atoms with van der Waals surface area (Å²) in [5, 5.41) is 11.0. The highest BCUT2D eigenvalue weighted by atomic mass is 19.1. The molecule has 15 nitrogen and oxygen atoms in total. The van der Waals surface area contributed by atoms with Crippen LogP contribution in [0, 0.1) is 5.92 Å². The Balaban J connectivity index is 0.689. The lowest BCUT2D eigenvalue weighted by Gasteiger charge is -2.44. The van der Waals surface area contributed by atoms with Gasteiger partial charge in [-0.05, 0) is 101 Å². The van der Waals surface area contributed by atoms with E-state index in [4.69, 9.17) is 4.74 Å². The Bertz CT molecular complexity index is 2390. The van der Waals surface area contributed by atoms with Gasteiger partial charge in [0.15, 0.2) is 0 Å². The minimum atomic E-state index is -1.30. The number of alkyl halides is 1. The molecule has 320 valence electrons. The van der Waals surface area contributed by atoms with Crippen LogP contribution in [-0.2, 0) is 9.59 Å². The number of hydrogen-bond acceptors (Lipinski definition) is 12. The Morgan fingerprint density at radius 3 is 2.39 bits per heavy atom. The van der Waals surface area contributed by atoms with E-state index in [2.05, 4.69) is 65.0 Å². The van der Waals surface area contributed by atoms with Crippen molar-refractivity contribution >= 4 is 46.0 Å². The predicted octanol–water partition coefficient (Wildman–Crippen LogP) is 4.58. The normalized spacial score (nSPS) is 24.7. The quantitative estimate of drug-likeness (QED) is 0.215. The Labute approximate surface area is 354 Å². The molecular formula is C45H53FN10O5. The van der Waals surface area contributed by atoms with Crippen molar-refractivity contribution < 1.29 is 28.3 Å². The summed E-state index contributed by atoms with van der Waals surface area (Å²) >= 11 is 0. The molecule has 0 radical (unpaired) electrons. The monoisotopic (exact) mass is 832 g/mol. The van der Waals surface area contributed by atoms with E-state index < -0.39 is 35.3 Å². The molecule has 4 aromatic rings. The lowest BCUT2D eigenvalue weighted by atomic mass is 9.89. The number of likely N-dealkylation sites (tertiary alicyclic amines) is 1. The third-order valence-corrected chi connectivity index (χ3v) is 14.0. The molecule has 10 rings (SSSR count). The number of halogens is 1. The largest absolute Gasteiger partial charge is 0.488 e. The molecular weight excluding hydrogens is 780 g/mol. The van der Waals surface area contributed by atoms with Crippen LogP contribution < -0.4 is 19.9 Å². The molecule has 2 aromatic heterocycles. The number of amides is 4. The third-order valence-electron chi connectivity index (χ3n) is 14.0. The van der Waals surface area contributed by atoms with E-state index in [0.717, 1.165) is 109 Å². The fraction of sp³-hybridized carbons (Fsp3) is 0.533. The molecule has 1 unspecified atom stereocenters. The molecule has 2 aromatic carbocycles. The number of ether oxygens (including phenoxy) is 1. The van der Waals surface area contributed by atoms with Crippen LogP contribution >= 0.6 is 0 Å². The number of carbonyl (C=O) groups is 4. The standard InChI is InChI=1S/C45H53FN10O5/c1-28-24-55(38-23-36(47-27-48-38)40-34-22-31(61-44(2)11-12-44)4-6-35(34)50-51-40)20-19-54(28)25-29-9-15-52(16-10-29)26-45(46)13-17-53(18-14-45)30-3-5-32-33(21-30)43(60)56(42(32)59)37-7-8-39(57)49-41(37)58/h3-6,21-23,27-29,37H,7-20,24-26H2,1-2H3,(H,50,51)(H,49,57,58)/t28-,37?/m0/s1. The molecule has 4 saturated heterocycles. The highest BCUT2D eigenvalue weighted by Crippen LogP contribution is 2.41. The second kappa shape index (κ2) is 15.5. The average Bonchev–Trinajstić information content (AvgIpc) is 3.74. The van der Waals surface area contributed by atoms with Crippen LogP contribution in [0.3, 0.4) is 0 Å². The van der Waals surface area contributed by atoms with Crippen LogP contribution in [0.5, 0.6) is 5.75 Å². The fourth-order valence-corrected chi connectivity index (χ4v) is 9.98. The number of fused-ring (bicyclic) bond motifs is 2. The van der Waals surface area contributed by atoms with Gasteiger partial charge in [0.25, 0.3) is 11.8 Å². The molecule has 7 heterocycles. The van der Waals surface area contributed by atoms with E-state index in [9.17, 15) is 19.2 Å². The summed E-state index contributed by atoms with van der Waals surface area (Å²) in [7, 11) is 0. The second-order valence-corrected chi connectivity index (χ2v) is 18.4. The SMILES string of the molecule is C[C@H]1CN(c2cc(-c3n[nH]c4ccc(OC5(C)CC5)cc34)ncn2)CCN1CC1CCN(CC2(F)CCN(c3ccc4c(c3)C(=O)N(C3CCC(=O)NC3=O)C4=O)CC2)CC1. The maximum absolute atomic E-state index is 16.4. The Morgan fingerprint density at radius 1 is 0.852 bits per heavy atom. The number of rotatable bonds is 10.